The molecule has 0 aromatic carbocycles. The molecule has 0 aromatic rings. The molecular formula is C32H72SSn. The van der Waals surface area contributed by atoms with Gasteiger partial charge in [0.1, 0.15) is 0 Å². The first-order valence-electron chi connectivity index (χ1n) is 16.0. The predicted molar refractivity (Wildman–Crippen MR) is 172 cm³/mol. The van der Waals surface area contributed by atoms with Gasteiger partial charge in [-0.25, -0.2) is 10.0 Å². The van der Waals surface area contributed by atoms with Crippen molar-refractivity contribution in [2.45, 2.75) is 182 Å². The van der Waals surface area contributed by atoms with Gasteiger partial charge in [0.05, 0.1) is 0 Å². The molecule has 2 heteroatoms. The summed E-state index contributed by atoms with van der Waals surface area (Å²) < 4.78 is 0. The molecule has 0 saturated heterocycles. The summed E-state index contributed by atoms with van der Waals surface area (Å²) in [7, 11) is -0.336. The van der Waals surface area contributed by atoms with E-state index >= 15 is 0 Å². The van der Waals surface area contributed by atoms with E-state index in [2.05, 4.69) is 27.7 Å². The fraction of sp³-hybridized carbons (Fsp3) is 1.00. The normalized spacial score (nSPS) is 12.1. The van der Waals surface area contributed by atoms with Crippen LogP contribution < -0.4 is 0 Å². The quantitative estimate of drug-likeness (QED) is 0.0613. The molecule has 0 aliphatic heterocycles. The van der Waals surface area contributed by atoms with Crippen molar-refractivity contribution in [2.24, 2.45) is 0 Å². The van der Waals surface area contributed by atoms with E-state index in [1.165, 1.54) is 154 Å². The maximum atomic E-state index is 2.41. The van der Waals surface area contributed by atoms with Gasteiger partial charge in [-0.2, -0.15) is 0 Å². The third-order valence-electron chi connectivity index (χ3n) is 7.72. The third kappa shape index (κ3) is 24.8. The molecule has 0 rings (SSSR count). The zero-order chi connectivity index (χ0) is 24.3. The third-order valence-corrected chi connectivity index (χ3v) is 12.3. The molecule has 0 spiro atoms. The van der Waals surface area contributed by atoms with Gasteiger partial charge >= 0.3 is 23.9 Å². The summed E-state index contributed by atoms with van der Waals surface area (Å²) in [6.45, 7) is 9.45. The Labute approximate surface area is 237 Å². The molecule has 0 amide bonds. The minimum absolute atomic E-state index is 0. The summed E-state index contributed by atoms with van der Waals surface area (Å²) in [5.41, 5.74) is 0. The average molecular weight is 608 g/mol. The first-order chi connectivity index (χ1) is 16.2. The van der Waals surface area contributed by atoms with Gasteiger partial charge in [-0.05, 0) is 48.7 Å². The van der Waals surface area contributed by atoms with E-state index in [0.717, 1.165) is 0 Å². The van der Waals surface area contributed by atoms with E-state index in [1.54, 1.807) is 23.0 Å². The van der Waals surface area contributed by atoms with Crippen LogP contribution >= 0.6 is 10.0 Å². The first-order valence-corrected chi connectivity index (χ1v) is 18.3. The molecule has 0 radical (unpaired) electrons. The van der Waals surface area contributed by atoms with Gasteiger partial charge in [0.15, 0.2) is 0 Å². The summed E-state index contributed by atoms with van der Waals surface area (Å²) >= 11 is 0. The van der Waals surface area contributed by atoms with Crippen molar-refractivity contribution >= 4 is 33.9 Å². The number of hydrogen-bond acceptors (Lipinski definition) is 0. The van der Waals surface area contributed by atoms with E-state index < -0.39 is 0 Å². The molecule has 0 unspecified atom stereocenters. The van der Waals surface area contributed by atoms with Crippen LogP contribution in [0.4, 0.5) is 0 Å². The van der Waals surface area contributed by atoms with E-state index in [-0.39, 0.29) is 33.9 Å². The van der Waals surface area contributed by atoms with Crippen LogP contribution in [0.15, 0.2) is 0 Å². The fourth-order valence-electron chi connectivity index (χ4n) is 5.30. The molecule has 0 fully saturated rings. The van der Waals surface area contributed by atoms with Gasteiger partial charge < -0.3 is 0 Å². The summed E-state index contributed by atoms with van der Waals surface area (Å²) in [6, 6.07) is 0. The van der Waals surface area contributed by atoms with Crippen molar-refractivity contribution in [2.75, 3.05) is 23.0 Å². The van der Waals surface area contributed by atoms with Gasteiger partial charge in [-0.1, -0.05) is 156 Å². The zero-order valence-corrected chi connectivity index (χ0v) is 25.0. The summed E-state index contributed by atoms with van der Waals surface area (Å²) in [5, 5.41) is 0. The first kappa shape index (κ1) is 37.3. The molecule has 0 N–H and O–H groups in total. The Bertz CT molecular complexity index is 323. The molecule has 34 heavy (non-hydrogen) atoms. The summed E-state index contributed by atoms with van der Waals surface area (Å²) in [5.74, 6) is 6.42. The Kier molecular flexibility index (Phi) is 33.3. The van der Waals surface area contributed by atoms with Crippen LogP contribution in [0.5, 0.6) is 0 Å². The predicted octanol–water partition coefficient (Wildman–Crippen LogP) is 10.8. The minimum atomic E-state index is -0.336. The van der Waals surface area contributed by atoms with Gasteiger partial charge in [0.2, 0.25) is 0 Å². The van der Waals surface area contributed by atoms with Gasteiger partial charge in [-0.3, -0.25) is 0 Å². The van der Waals surface area contributed by atoms with E-state index in [4.69, 9.17) is 0 Å². The standard InChI is InChI=1S/C32H68S.Sn.4H/c1-5-9-13-15-17-19-21-23-25-27-31-33(29-11-7-3,30-12-8-4)32-28-26-24-22-20-18-16-14-10-6-2;;;;;/h5-32H2,1-4H3;;;;;. The Morgan fingerprint density at radius 1 is 0.265 bits per heavy atom. The van der Waals surface area contributed by atoms with Crippen molar-refractivity contribution in [3.05, 3.63) is 0 Å². The molecule has 0 aliphatic carbocycles. The molecule has 0 aromatic heterocycles. The van der Waals surface area contributed by atoms with Gasteiger partial charge in [0, 0.05) is 0 Å². The molecule has 0 heterocycles. The van der Waals surface area contributed by atoms with Crippen molar-refractivity contribution in [1.82, 2.24) is 0 Å². The van der Waals surface area contributed by atoms with E-state index in [9.17, 15) is 0 Å². The number of rotatable bonds is 28. The second kappa shape index (κ2) is 30.4. The van der Waals surface area contributed by atoms with Crippen molar-refractivity contribution < 1.29 is 0 Å². The molecule has 0 bridgehead atoms. The number of hydrogen-bond donors (Lipinski definition) is 0. The zero-order valence-electron chi connectivity index (χ0n) is 24.2. The van der Waals surface area contributed by atoms with Crippen LogP contribution in [-0.2, 0) is 0 Å². The Hall–Kier alpha value is 1.15. The monoisotopic (exact) mass is 608 g/mol. The van der Waals surface area contributed by atoms with E-state index in [1.807, 2.05) is 0 Å². The molecular weight excluding hydrogens is 535 g/mol. The average Bonchev–Trinajstić information content (AvgIpc) is 2.83. The molecule has 0 aliphatic rings. The van der Waals surface area contributed by atoms with Crippen LogP contribution in [0.3, 0.4) is 0 Å². The van der Waals surface area contributed by atoms with Gasteiger partial charge in [-0.15, -0.1) is 0 Å². The Morgan fingerprint density at radius 2 is 0.471 bits per heavy atom. The SMILES string of the molecule is CCCCCCCCCCCCS(CCCC)(CCCC)CCCCCCCCCCCC.[SnH4]. The molecule has 0 nitrogen and oxygen atoms in total. The van der Waals surface area contributed by atoms with Crippen LogP contribution in [0, 0.1) is 0 Å². The summed E-state index contributed by atoms with van der Waals surface area (Å²) in [6.07, 6.45) is 35.4. The Morgan fingerprint density at radius 3 is 0.735 bits per heavy atom. The second-order valence-corrected chi connectivity index (χ2v) is 15.2. The molecule has 0 atom stereocenters. The molecule has 0 saturated carbocycles. The van der Waals surface area contributed by atoms with Crippen LogP contribution in [0.25, 0.3) is 0 Å². The second-order valence-electron chi connectivity index (χ2n) is 11.1. The topological polar surface area (TPSA) is 0 Å². The Balaban J connectivity index is 0. The van der Waals surface area contributed by atoms with Gasteiger partial charge in [0.25, 0.3) is 0 Å². The van der Waals surface area contributed by atoms with Crippen LogP contribution in [0.2, 0.25) is 0 Å². The fourth-order valence-corrected chi connectivity index (χ4v) is 9.96. The van der Waals surface area contributed by atoms with Crippen LogP contribution in [-0.4, -0.2) is 46.9 Å². The van der Waals surface area contributed by atoms with Crippen molar-refractivity contribution in [3.8, 4) is 0 Å². The molecule has 210 valence electrons. The van der Waals surface area contributed by atoms with Crippen molar-refractivity contribution in [1.29, 1.82) is 0 Å². The summed E-state index contributed by atoms with van der Waals surface area (Å²) in [4.78, 5) is 0. The van der Waals surface area contributed by atoms with E-state index in [0.29, 0.717) is 0 Å². The maximum absolute atomic E-state index is 2.41. The van der Waals surface area contributed by atoms with Crippen molar-refractivity contribution in [3.63, 3.8) is 0 Å². The van der Waals surface area contributed by atoms with Crippen LogP contribution in [0.1, 0.15) is 182 Å². The number of unbranched alkanes of at least 4 members (excludes halogenated alkanes) is 20.